The summed E-state index contributed by atoms with van der Waals surface area (Å²) in [6, 6.07) is 11.8. The highest BCUT2D eigenvalue weighted by atomic mass is 35.5. The van der Waals surface area contributed by atoms with Crippen molar-refractivity contribution < 1.29 is 14.4 Å². The van der Waals surface area contributed by atoms with Gasteiger partial charge in [-0.3, -0.25) is 14.5 Å². The van der Waals surface area contributed by atoms with Gasteiger partial charge in [-0.2, -0.15) is 0 Å². The maximum absolute atomic E-state index is 12.9. The van der Waals surface area contributed by atoms with Crippen molar-refractivity contribution in [2.75, 3.05) is 13.6 Å². The Balaban J connectivity index is 1.35. The maximum Gasteiger partial charge on any atom is 0.327 e. The summed E-state index contributed by atoms with van der Waals surface area (Å²) in [4.78, 5) is 41.3. The minimum atomic E-state index is -0.269. The normalized spacial score (nSPS) is 19.5. The second-order valence-electron chi connectivity index (χ2n) is 8.79. The van der Waals surface area contributed by atoms with Crippen molar-refractivity contribution in [3.63, 3.8) is 0 Å². The Morgan fingerprint density at radius 3 is 2.35 bits per heavy atom. The molecule has 2 fully saturated rings. The van der Waals surface area contributed by atoms with E-state index < -0.39 is 0 Å². The van der Waals surface area contributed by atoms with Gasteiger partial charge in [-0.15, -0.1) is 0 Å². The molecule has 2 aromatic rings. The van der Waals surface area contributed by atoms with Gasteiger partial charge in [-0.05, 0) is 60.1 Å². The average Bonchev–Trinajstić information content (AvgIpc) is 3.51. The van der Waals surface area contributed by atoms with E-state index in [1.807, 2.05) is 35.2 Å². The summed E-state index contributed by atoms with van der Waals surface area (Å²) in [6.07, 6.45) is 2.39. The van der Waals surface area contributed by atoms with Crippen LogP contribution in [-0.4, -0.2) is 52.2 Å². The van der Waals surface area contributed by atoms with Crippen LogP contribution < -0.4 is 0 Å². The standard InChI is InChI=1S/C24H24ClN3O3/c1-14(16-7-8-16)28-12-19-9-18(10-20(25)22(19)23(28)30)17-5-3-15(4-6-17)11-27-13-21(29)26(2)24(27)31/h3-6,9-10,14,16H,7-8,11-13H2,1-2H3. The Morgan fingerprint density at radius 1 is 1.03 bits per heavy atom. The van der Waals surface area contributed by atoms with Crippen LogP contribution >= 0.6 is 11.6 Å². The van der Waals surface area contributed by atoms with Gasteiger partial charge in [0.2, 0.25) is 5.91 Å². The molecular weight excluding hydrogens is 414 g/mol. The van der Waals surface area contributed by atoms with Crippen molar-refractivity contribution in [1.82, 2.24) is 14.7 Å². The number of hydrogen-bond acceptors (Lipinski definition) is 3. The number of carbonyl (C=O) groups excluding carboxylic acids is 3. The third kappa shape index (κ3) is 3.49. The van der Waals surface area contributed by atoms with Crippen LogP contribution in [0.2, 0.25) is 5.02 Å². The van der Waals surface area contributed by atoms with Gasteiger partial charge in [0.15, 0.2) is 0 Å². The summed E-state index contributed by atoms with van der Waals surface area (Å²) in [7, 11) is 1.50. The lowest BCUT2D eigenvalue weighted by Gasteiger charge is -2.23. The SMILES string of the molecule is CC(C1CC1)N1Cc2cc(-c3ccc(CN4CC(=O)N(C)C4=O)cc3)cc(Cl)c2C1=O. The van der Waals surface area contributed by atoms with Crippen molar-refractivity contribution in [3.8, 4) is 11.1 Å². The van der Waals surface area contributed by atoms with E-state index in [0.717, 1.165) is 27.2 Å². The summed E-state index contributed by atoms with van der Waals surface area (Å²) >= 11 is 6.54. The number of likely N-dealkylation sites (N-methyl/N-ethyl adjacent to an activating group) is 1. The van der Waals surface area contributed by atoms with E-state index in [-0.39, 0.29) is 30.4 Å². The highest BCUT2D eigenvalue weighted by Crippen LogP contribution is 2.40. The number of nitrogens with zero attached hydrogens (tertiary/aromatic N) is 3. The van der Waals surface area contributed by atoms with Gasteiger partial charge in [-0.25, -0.2) is 4.79 Å². The molecule has 1 aliphatic carbocycles. The Hall–Kier alpha value is -2.86. The van der Waals surface area contributed by atoms with Crippen LogP contribution in [0.5, 0.6) is 0 Å². The summed E-state index contributed by atoms with van der Waals surface area (Å²) in [5.41, 5.74) is 4.53. The molecular formula is C24H24ClN3O3. The molecule has 6 nitrogen and oxygen atoms in total. The third-order valence-corrected chi connectivity index (χ3v) is 7.00. The Labute approximate surface area is 186 Å². The lowest BCUT2D eigenvalue weighted by Crippen LogP contribution is -2.34. The topological polar surface area (TPSA) is 60.9 Å². The fraction of sp³-hybridized carbons (Fsp3) is 0.375. The number of rotatable bonds is 5. The zero-order valence-electron chi connectivity index (χ0n) is 17.6. The van der Waals surface area contributed by atoms with E-state index in [1.165, 1.54) is 24.8 Å². The van der Waals surface area contributed by atoms with E-state index in [1.54, 1.807) is 0 Å². The van der Waals surface area contributed by atoms with Gasteiger partial charge < -0.3 is 9.80 Å². The third-order valence-electron chi connectivity index (χ3n) is 6.70. The molecule has 0 spiro atoms. The van der Waals surface area contributed by atoms with E-state index in [9.17, 15) is 14.4 Å². The Kier molecular flexibility index (Phi) is 4.77. The van der Waals surface area contributed by atoms with Gasteiger partial charge >= 0.3 is 6.03 Å². The lowest BCUT2D eigenvalue weighted by molar-refractivity contribution is -0.124. The zero-order chi connectivity index (χ0) is 21.9. The van der Waals surface area contributed by atoms with Crippen LogP contribution in [0, 0.1) is 5.92 Å². The van der Waals surface area contributed by atoms with Gasteiger partial charge in [-0.1, -0.05) is 35.9 Å². The molecule has 1 unspecified atom stereocenters. The van der Waals surface area contributed by atoms with Crippen LogP contribution in [0.15, 0.2) is 36.4 Å². The van der Waals surface area contributed by atoms with Crippen molar-refractivity contribution in [1.29, 1.82) is 0 Å². The molecule has 2 heterocycles. The van der Waals surface area contributed by atoms with Gasteiger partial charge in [0.25, 0.3) is 5.91 Å². The molecule has 0 radical (unpaired) electrons. The minimum Gasteiger partial charge on any atom is -0.331 e. The van der Waals surface area contributed by atoms with Crippen LogP contribution in [0.25, 0.3) is 11.1 Å². The smallest absolute Gasteiger partial charge is 0.327 e. The van der Waals surface area contributed by atoms with E-state index >= 15 is 0 Å². The zero-order valence-corrected chi connectivity index (χ0v) is 18.4. The second-order valence-corrected chi connectivity index (χ2v) is 9.20. The molecule has 0 N–H and O–H groups in total. The van der Waals surface area contributed by atoms with Crippen LogP contribution in [0.4, 0.5) is 4.79 Å². The van der Waals surface area contributed by atoms with Gasteiger partial charge in [0, 0.05) is 26.2 Å². The first-order valence-corrected chi connectivity index (χ1v) is 11.0. The van der Waals surface area contributed by atoms with Crippen molar-refractivity contribution in [2.45, 2.75) is 38.9 Å². The number of amides is 4. The van der Waals surface area contributed by atoms with Gasteiger partial charge in [0.05, 0.1) is 10.6 Å². The number of imide groups is 1. The van der Waals surface area contributed by atoms with Crippen molar-refractivity contribution in [2.24, 2.45) is 5.92 Å². The van der Waals surface area contributed by atoms with Crippen molar-refractivity contribution >= 4 is 29.4 Å². The monoisotopic (exact) mass is 437 g/mol. The molecule has 7 heteroatoms. The van der Waals surface area contributed by atoms with Crippen LogP contribution in [-0.2, 0) is 17.9 Å². The summed E-state index contributed by atoms with van der Waals surface area (Å²) in [5.74, 6) is 0.465. The molecule has 0 bridgehead atoms. The minimum absolute atomic E-state index is 0.0380. The lowest BCUT2D eigenvalue weighted by atomic mass is 9.99. The van der Waals surface area contributed by atoms with E-state index in [0.29, 0.717) is 29.6 Å². The number of halogens is 1. The predicted molar refractivity (Wildman–Crippen MR) is 118 cm³/mol. The number of urea groups is 1. The van der Waals surface area contributed by atoms with Crippen molar-refractivity contribution in [3.05, 3.63) is 58.1 Å². The molecule has 1 saturated carbocycles. The molecule has 3 aliphatic rings. The summed E-state index contributed by atoms with van der Waals surface area (Å²) < 4.78 is 0. The van der Waals surface area contributed by atoms with E-state index in [4.69, 9.17) is 11.6 Å². The number of hydrogen-bond donors (Lipinski definition) is 0. The first-order chi connectivity index (χ1) is 14.8. The maximum atomic E-state index is 12.9. The average molecular weight is 438 g/mol. The largest absolute Gasteiger partial charge is 0.331 e. The second kappa shape index (κ2) is 7.38. The van der Waals surface area contributed by atoms with Gasteiger partial charge in [0.1, 0.15) is 6.54 Å². The number of carbonyl (C=O) groups is 3. The number of benzene rings is 2. The molecule has 1 saturated heterocycles. The van der Waals surface area contributed by atoms with Crippen LogP contribution in [0.3, 0.4) is 0 Å². The van der Waals surface area contributed by atoms with Crippen LogP contribution in [0.1, 0.15) is 41.3 Å². The number of fused-ring (bicyclic) bond motifs is 1. The Morgan fingerprint density at radius 2 is 1.74 bits per heavy atom. The summed E-state index contributed by atoms with van der Waals surface area (Å²) in [5, 5.41) is 0.497. The molecule has 0 aromatic heterocycles. The molecule has 2 aliphatic heterocycles. The molecule has 1 atom stereocenters. The quantitative estimate of drug-likeness (QED) is 0.660. The molecule has 31 heavy (non-hydrogen) atoms. The predicted octanol–water partition coefficient (Wildman–Crippen LogP) is 4.16. The highest BCUT2D eigenvalue weighted by Gasteiger charge is 2.39. The molecule has 4 amide bonds. The molecule has 5 rings (SSSR count). The first kappa shape index (κ1) is 20.1. The van der Waals surface area contributed by atoms with E-state index in [2.05, 4.69) is 13.0 Å². The fourth-order valence-corrected chi connectivity index (χ4v) is 4.88. The molecule has 2 aromatic carbocycles. The highest BCUT2D eigenvalue weighted by molar-refractivity contribution is 6.34. The molecule has 160 valence electrons. The first-order valence-electron chi connectivity index (χ1n) is 10.6. The fourth-order valence-electron chi connectivity index (χ4n) is 4.56. The Bertz CT molecular complexity index is 1090. The summed E-state index contributed by atoms with van der Waals surface area (Å²) in [6.45, 7) is 3.24.